The number of rotatable bonds is 7. The van der Waals surface area contributed by atoms with Crippen LogP contribution in [-0.2, 0) is 9.47 Å². The molecule has 0 aromatic carbocycles. The van der Waals surface area contributed by atoms with Gasteiger partial charge in [0, 0.05) is 5.41 Å². The Kier molecular flexibility index (Phi) is 9.25. The SMILES string of the molecule is C=C1C(OC2OC(CO)C(O)C(O)C2O)CCC2(C)C3=C(CCC12)C1(C)C(O)CC(C(C)C=CC(C)C(C)C)C1(C)CC3. The standard InChI is InChI=1S/C36H58O7/c1-19(2)20(3)9-10-21(4)26-17-29(38)36(8)25-12-11-23-22(5)27(14-15-34(23,6)24(25)13-16-35(26,36)7)42-33-32(41)31(40)30(39)28(18-37)43-33/h9-10,19-21,23,26-33,37-41H,5,11-18H2,1-4,6-8H3. The molecule has 0 radical (unpaired) electrons. The smallest absolute Gasteiger partial charge is 0.187 e. The summed E-state index contributed by atoms with van der Waals surface area (Å²) < 4.78 is 11.9. The first-order chi connectivity index (χ1) is 20.1. The summed E-state index contributed by atoms with van der Waals surface area (Å²) >= 11 is 0. The highest BCUT2D eigenvalue weighted by Gasteiger charge is 2.65. The van der Waals surface area contributed by atoms with Crippen LogP contribution in [0.1, 0.15) is 93.4 Å². The fourth-order valence-electron chi connectivity index (χ4n) is 9.96. The first-order valence-electron chi connectivity index (χ1n) is 16.9. The van der Waals surface area contributed by atoms with Crippen LogP contribution in [0.25, 0.3) is 0 Å². The summed E-state index contributed by atoms with van der Waals surface area (Å²) in [6.45, 7) is 20.4. The maximum atomic E-state index is 11.8. The molecule has 0 spiro atoms. The summed E-state index contributed by atoms with van der Waals surface area (Å²) in [7, 11) is 0. The van der Waals surface area contributed by atoms with Crippen LogP contribution in [0.3, 0.4) is 0 Å². The van der Waals surface area contributed by atoms with Gasteiger partial charge in [0.2, 0.25) is 0 Å². The van der Waals surface area contributed by atoms with Crippen molar-refractivity contribution < 1.29 is 35.0 Å². The normalized spacial score (nSPS) is 48.3. The van der Waals surface area contributed by atoms with E-state index in [1.54, 1.807) is 0 Å². The maximum absolute atomic E-state index is 11.8. The Hall–Kier alpha value is -1.06. The summed E-state index contributed by atoms with van der Waals surface area (Å²) in [6, 6.07) is 0. The third kappa shape index (κ3) is 5.14. The second-order valence-corrected chi connectivity index (χ2v) is 15.7. The largest absolute Gasteiger partial charge is 0.394 e. The molecule has 14 atom stereocenters. The highest BCUT2D eigenvalue weighted by Crippen LogP contribution is 2.71. The zero-order valence-corrected chi connectivity index (χ0v) is 27.5. The van der Waals surface area contributed by atoms with Crippen molar-refractivity contribution in [3.05, 3.63) is 35.5 Å². The molecule has 1 heterocycles. The molecular formula is C36H58O7. The molecule has 3 fully saturated rings. The molecule has 14 unspecified atom stereocenters. The van der Waals surface area contributed by atoms with Gasteiger partial charge in [-0.3, -0.25) is 0 Å². The van der Waals surface area contributed by atoms with Crippen LogP contribution in [0.4, 0.5) is 0 Å². The molecule has 1 saturated heterocycles. The van der Waals surface area contributed by atoms with Crippen molar-refractivity contribution in [1.82, 2.24) is 0 Å². The van der Waals surface area contributed by atoms with Gasteiger partial charge in [0.05, 0.1) is 18.8 Å². The van der Waals surface area contributed by atoms with Gasteiger partial charge >= 0.3 is 0 Å². The molecule has 4 aliphatic carbocycles. The Bertz CT molecular complexity index is 1110. The summed E-state index contributed by atoms with van der Waals surface area (Å²) in [5, 5.41) is 52.5. The van der Waals surface area contributed by atoms with E-state index in [-0.39, 0.29) is 34.4 Å². The Morgan fingerprint density at radius 2 is 1.63 bits per heavy atom. The maximum Gasteiger partial charge on any atom is 0.187 e. The van der Waals surface area contributed by atoms with E-state index in [1.165, 1.54) is 11.1 Å². The van der Waals surface area contributed by atoms with E-state index in [2.05, 4.69) is 67.2 Å². The Balaban J connectivity index is 1.37. The second-order valence-electron chi connectivity index (χ2n) is 15.7. The predicted octanol–water partition coefficient (Wildman–Crippen LogP) is 4.91. The van der Waals surface area contributed by atoms with Crippen molar-refractivity contribution in [2.24, 2.45) is 45.8 Å². The molecule has 2 saturated carbocycles. The van der Waals surface area contributed by atoms with Crippen LogP contribution in [0.2, 0.25) is 0 Å². The first-order valence-corrected chi connectivity index (χ1v) is 16.9. The minimum atomic E-state index is -1.46. The van der Waals surface area contributed by atoms with Crippen LogP contribution in [-0.4, -0.2) is 75.1 Å². The molecule has 244 valence electrons. The molecule has 7 heteroatoms. The monoisotopic (exact) mass is 602 g/mol. The lowest BCUT2D eigenvalue weighted by Crippen LogP contribution is -2.60. The van der Waals surface area contributed by atoms with Crippen LogP contribution in [0, 0.1) is 45.8 Å². The predicted molar refractivity (Wildman–Crippen MR) is 167 cm³/mol. The van der Waals surface area contributed by atoms with Gasteiger partial charge in [0.1, 0.15) is 24.4 Å². The lowest BCUT2D eigenvalue weighted by Gasteiger charge is -2.59. The highest BCUT2D eigenvalue weighted by molar-refractivity contribution is 5.42. The third-order valence-corrected chi connectivity index (χ3v) is 13.5. The topological polar surface area (TPSA) is 120 Å². The molecule has 5 N–H and O–H groups in total. The van der Waals surface area contributed by atoms with Gasteiger partial charge < -0.3 is 35.0 Å². The molecule has 7 nitrogen and oxygen atoms in total. The van der Waals surface area contributed by atoms with Crippen LogP contribution in [0.5, 0.6) is 0 Å². The number of hydrogen-bond acceptors (Lipinski definition) is 7. The number of allylic oxidation sites excluding steroid dienone is 3. The van der Waals surface area contributed by atoms with Gasteiger partial charge in [-0.15, -0.1) is 0 Å². The van der Waals surface area contributed by atoms with Gasteiger partial charge in [-0.25, -0.2) is 0 Å². The van der Waals surface area contributed by atoms with E-state index in [4.69, 9.17) is 9.47 Å². The van der Waals surface area contributed by atoms with E-state index in [1.807, 2.05) is 0 Å². The Morgan fingerprint density at radius 3 is 2.28 bits per heavy atom. The number of ether oxygens (including phenoxy) is 2. The van der Waals surface area contributed by atoms with Crippen LogP contribution in [0.15, 0.2) is 35.5 Å². The lowest BCUT2D eigenvalue weighted by atomic mass is 9.45. The molecule has 0 aromatic heterocycles. The molecule has 1 aliphatic heterocycles. The van der Waals surface area contributed by atoms with E-state index >= 15 is 0 Å². The number of aliphatic hydroxyl groups is 5. The quantitative estimate of drug-likeness (QED) is 0.263. The zero-order chi connectivity index (χ0) is 31.6. The number of aliphatic hydroxyl groups excluding tert-OH is 5. The summed E-state index contributed by atoms with van der Waals surface area (Å²) in [6.07, 6.45) is 4.08. The highest BCUT2D eigenvalue weighted by atomic mass is 16.7. The van der Waals surface area contributed by atoms with Crippen molar-refractivity contribution in [3.8, 4) is 0 Å². The summed E-state index contributed by atoms with van der Waals surface area (Å²) in [4.78, 5) is 0. The number of hydrogen-bond donors (Lipinski definition) is 5. The van der Waals surface area contributed by atoms with Crippen molar-refractivity contribution >= 4 is 0 Å². The molecule has 0 bridgehead atoms. The van der Waals surface area contributed by atoms with Gasteiger partial charge in [-0.05, 0) is 90.9 Å². The molecular weight excluding hydrogens is 544 g/mol. The van der Waals surface area contributed by atoms with E-state index in [0.717, 1.165) is 44.1 Å². The first kappa shape index (κ1) is 33.3. The second kappa shape index (κ2) is 11.9. The average Bonchev–Trinajstić information content (AvgIpc) is 3.18. The van der Waals surface area contributed by atoms with Crippen LogP contribution >= 0.6 is 0 Å². The number of fused-ring (bicyclic) bond motifs is 4. The average molecular weight is 603 g/mol. The van der Waals surface area contributed by atoms with Gasteiger partial charge in [-0.1, -0.05) is 78.3 Å². The van der Waals surface area contributed by atoms with Crippen LogP contribution < -0.4 is 0 Å². The minimum absolute atomic E-state index is 0.0275. The fraction of sp³-hybridized carbons (Fsp3) is 0.833. The van der Waals surface area contributed by atoms with Crippen molar-refractivity contribution in [1.29, 1.82) is 0 Å². The molecule has 0 aromatic rings. The van der Waals surface area contributed by atoms with Gasteiger partial charge in [0.15, 0.2) is 6.29 Å². The van der Waals surface area contributed by atoms with Gasteiger partial charge in [-0.2, -0.15) is 0 Å². The zero-order valence-electron chi connectivity index (χ0n) is 27.5. The van der Waals surface area contributed by atoms with Crippen molar-refractivity contribution in [2.75, 3.05) is 6.61 Å². The summed E-state index contributed by atoms with van der Waals surface area (Å²) in [5.74, 6) is 2.20. The Labute approximate surface area is 259 Å². The van der Waals surface area contributed by atoms with E-state index in [0.29, 0.717) is 30.1 Å². The molecule has 43 heavy (non-hydrogen) atoms. The van der Waals surface area contributed by atoms with Crippen molar-refractivity contribution in [3.63, 3.8) is 0 Å². The van der Waals surface area contributed by atoms with E-state index in [9.17, 15) is 25.5 Å². The van der Waals surface area contributed by atoms with Gasteiger partial charge in [0.25, 0.3) is 0 Å². The molecule has 5 aliphatic rings. The summed E-state index contributed by atoms with van der Waals surface area (Å²) in [5.41, 5.74) is 3.70. The van der Waals surface area contributed by atoms with E-state index < -0.39 is 37.3 Å². The molecule has 5 rings (SSSR count). The lowest BCUT2D eigenvalue weighted by molar-refractivity contribution is -0.310. The Morgan fingerprint density at radius 1 is 0.930 bits per heavy atom. The fourth-order valence-corrected chi connectivity index (χ4v) is 9.96. The molecule has 0 amide bonds. The third-order valence-electron chi connectivity index (χ3n) is 13.5. The van der Waals surface area contributed by atoms with Crippen molar-refractivity contribution in [2.45, 2.75) is 136 Å². The minimum Gasteiger partial charge on any atom is -0.394 e.